The van der Waals surface area contributed by atoms with Crippen molar-refractivity contribution >= 4 is 0 Å². The minimum Gasteiger partial charge on any atom is -0.329 e. The van der Waals surface area contributed by atoms with Crippen LogP contribution in [0.15, 0.2) is 12.4 Å². The molecule has 1 aromatic rings. The van der Waals surface area contributed by atoms with Crippen LogP contribution < -0.4 is 5.73 Å². The third-order valence-electron chi connectivity index (χ3n) is 4.41. The van der Waals surface area contributed by atoms with Crippen molar-refractivity contribution in [2.24, 2.45) is 5.73 Å². The van der Waals surface area contributed by atoms with Gasteiger partial charge >= 0.3 is 0 Å². The number of hydrogen-bond acceptors (Lipinski definition) is 4. The molecule has 5 heteroatoms. The molecule has 2 heterocycles. The molecule has 0 aliphatic carbocycles. The van der Waals surface area contributed by atoms with E-state index < -0.39 is 0 Å². The van der Waals surface area contributed by atoms with Gasteiger partial charge in [-0.25, -0.2) is 0 Å². The molecule has 0 saturated carbocycles. The van der Waals surface area contributed by atoms with E-state index >= 15 is 0 Å². The van der Waals surface area contributed by atoms with E-state index in [0.717, 1.165) is 19.6 Å². The Morgan fingerprint density at radius 3 is 2.47 bits per heavy atom. The van der Waals surface area contributed by atoms with Crippen LogP contribution in [0.5, 0.6) is 0 Å². The second kappa shape index (κ2) is 6.03. The standard InChI is InChI=1S/C14H27N5/c1-5-19-10-13(7-16-19)14(6-15)18-8-11(2)17(4)12(3)9-18/h7,10-12,14H,5-6,8-9,15H2,1-4H3. The van der Waals surface area contributed by atoms with Crippen LogP contribution in [0.4, 0.5) is 0 Å². The van der Waals surface area contributed by atoms with Crippen molar-refractivity contribution in [1.29, 1.82) is 0 Å². The first-order valence-corrected chi connectivity index (χ1v) is 7.25. The minimum atomic E-state index is 0.291. The van der Waals surface area contributed by atoms with Crippen molar-refractivity contribution in [3.8, 4) is 0 Å². The molecule has 2 N–H and O–H groups in total. The lowest BCUT2D eigenvalue weighted by Gasteiger charge is -2.45. The van der Waals surface area contributed by atoms with Gasteiger partial charge in [0.05, 0.1) is 12.2 Å². The SMILES string of the molecule is CCn1cc(C(CN)N2CC(C)N(C)C(C)C2)cn1. The molecule has 1 saturated heterocycles. The summed E-state index contributed by atoms with van der Waals surface area (Å²) in [5, 5.41) is 4.38. The van der Waals surface area contributed by atoms with Crippen LogP contribution in [0, 0.1) is 0 Å². The number of piperazine rings is 1. The van der Waals surface area contributed by atoms with Gasteiger partial charge in [0.1, 0.15) is 0 Å². The fourth-order valence-corrected chi connectivity index (χ4v) is 2.92. The first kappa shape index (κ1) is 14.5. The van der Waals surface area contributed by atoms with Gasteiger partial charge in [-0.1, -0.05) is 0 Å². The Balaban J connectivity index is 2.13. The number of nitrogens with zero attached hydrogens (tertiary/aromatic N) is 4. The molecule has 19 heavy (non-hydrogen) atoms. The summed E-state index contributed by atoms with van der Waals surface area (Å²) in [5.74, 6) is 0. The van der Waals surface area contributed by atoms with Gasteiger partial charge in [0.15, 0.2) is 0 Å². The quantitative estimate of drug-likeness (QED) is 0.880. The summed E-state index contributed by atoms with van der Waals surface area (Å²) in [6.45, 7) is 10.4. The van der Waals surface area contributed by atoms with Crippen LogP contribution in [-0.2, 0) is 6.54 Å². The molecular formula is C14H27N5. The highest BCUT2D eigenvalue weighted by molar-refractivity contribution is 5.12. The van der Waals surface area contributed by atoms with Gasteiger partial charge < -0.3 is 5.73 Å². The zero-order valence-corrected chi connectivity index (χ0v) is 12.6. The molecule has 5 nitrogen and oxygen atoms in total. The van der Waals surface area contributed by atoms with Crippen molar-refractivity contribution in [3.63, 3.8) is 0 Å². The van der Waals surface area contributed by atoms with Crippen molar-refractivity contribution < 1.29 is 0 Å². The van der Waals surface area contributed by atoms with E-state index in [0.29, 0.717) is 24.7 Å². The van der Waals surface area contributed by atoms with Crippen LogP contribution in [0.3, 0.4) is 0 Å². The molecular weight excluding hydrogens is 238 g/mol. The maximum Gasteiger partial charge on any atom is 0.0538 e. The third-order valence-corrected chi connectivity index (χ3v) is 4.41. The zero-order valence-electron chi connectivity index (χ0n) is 12.6. The molecule has 2 rings (SSSR count). The molecule has 0 spiro atoms. The van der Waals surface area contributed by atoms with Gasteiger partial charge in [-0.2, -0.15) is 5.10 Å². The minimum absolute atomic E-state index is 0.291. The summed E-state index contributed by atoms with van der Waals surface area (Å²) in [7, 11) is 2.21. The van der Waals surface area contributed by atoms with E-state index in [1.807, 2.05) is 10.9 Å². The summed E-state index contributed by atoms with van der Waals surface area (Å²) in [5.41, 5.74) is 7.26. The Bertz CT molecular complexity index is 390. The summed E-state index contributed by atoms with van der Waals surface area (Å²) < 4.78 is 1.97. The van der Waals surface area contributed by atoms with Crippen molar-refractivity contribution in [3.05, 3.63) is 18.0 Å². The zero-order chi connectivity index (χ0) is 14.0. The summed E-state index contributed by atoms with van der Waals surface area (Å²) in [6.07, 6.45) is 4.10. The molecule has 0 bridgehead atoms. The molecule has 1 fully saturated rings. The van der Waals surface area contributed by atoms with Crippen molar-refractivity contribution in [1.82, 2.24) is 19.6 Å². The van der Waals surface area contributed by atoms with E-state index in [1.165, 1.54) is 5.56 Å². The predicted octanol–water partition coefficient (Wildman–Crippen LogP) is 0.927. The van der Waals surface area contributed by atoms with E-state index in [-0.39, 0.29) is 0 Å². The van der Waals surface area contributed by atoms with Gasteiger partial charge in [-0.15, -0.1) is 0 Å². The molecule has 3 unspecified atom stereocenters. The van der Waals surface area contributed by atoms with Gasteiger partial charge in [-0.3, -0.25) is 14.5 Å². The van der Waals surface area contributed by atoms with E-state index in [4.69, 9.17) is 5.73 Å². The maximum atomic E-state index is 6.02. The Hall–Kier alpha value is -0.910. The highest BCUT2D eigenvalue weighted by Gasteiger charge is 2.31. The summed E-state index contributed by atoms with van der Waals surface area (Å²) in [4.78, 5) is 4.95. The Kier molecular flexibility index (Phi) is 4.60. The maximum absolute atomic E-state index is 6.02. The number of rotatable bonds is 4. The highest BCUT2D eigenvalue weighted by atomic mass is 15.3. The number of hydrogen-bond donors (Lipinski definition) is 1. The lowest BCUT2D eigenvalue weighted by Crippen LogP contribution is -2.56. The largest absolute Gasteiger partial charge is 0.329 e. The molecule has 108 valence electrons. The molecule has 1 aromatic heterocycles. The number of aryl methyl sites for hydroxylation is 1. The second-order valence-electron chi connectivity index (χ2n) is 5.70. The summed E-state index contributed by atoms with van der Waals surface area (Å²) in [6, 6.07) is 1.43. The monoisotopic (exact) mass is 265 g/mol. The van der Waals surface area contributed by atoms with Crippen LogP contribution in [0.2, 0.25) is 0 Å². The Labute approximate surface area is 116 Å². The van der Waals surface area contributed by atoms with Crippen LogP contribution >= 0.6 is 0 Å². The van der Waals surface area contributed by atoms with Gasteiger partial charge in [0.2, 0.25) is 0 Å². The average Bonchev–Trinajstić information content (AvgIpc) is 2.85. The molecule has 1 aliphatic rings. The third kappa shape index (κ3) is 2.99. The normalized spacial score (nSPS) is 27.6. The van der Waals surface area contributed by atoms with Crippen LogP contribution in [0.25, 0.3) is 0 Å². The van der Waals surface area contributed by atoms with Crippen molar-refractivity contribution in [2.75, 3.05) is 26.7 Å². The van der Waals surface area contributed by atoms with Gasteiger partial charge in [0.25, 0.3) is 0 Å². The Morgan fingerprint density at radius 1 is 1.37 bits per heavy atom. The van der Waals surface area contributed by atoms with Gasteiger partial charge in [0, 0.05) is 50.0 Å². The lowest BCUT2D eigenvalue weighted by atomic mass is 10.0. The fourth-order valence-electron chi connectivity index (χ4n) is 2.92. The molecule has 0 radical (unpaired) electrons. The molecule has 1 aliphatic heterocycles. The van der Waals surface area contributed by atoms with Crippen LogP contribution in [0.1, 0.15) is 32.4 Å². The van der Waals surface area contributed by atoms with Gasteiger partial charge in [-0.05, 0) is 27.8 Å². The van der Waals surface area contributed by atoms with Crippen LogP contribution in [-0.4, -0.2) is 58.3 Å². The first-order valence-electron chi connectivity index (χ1n) is 7.25. The van der Waals surface area contributed by atoms with E-state index in [1.54, 1.807) is 0 Å². The molecule has 3 atom stereocenters. The molecule has 0 aromatic carbocycles. The highest BCUT2D eigenvalue weighted by Crippen LogP contribution is 2.24. The topological polar surface area (TPSA) is 50.3 Å². The fraction of sp³-hybridized carbons (Fsp3) is 0.786. The average molecular weight is 265 g/mol. The number of nitrogens with two attached hydrogens (primary N) is 1. The number of likely N-dealkylation sites (N-methyl/N-ethyl adjacent to an activating group) is 1. The first-order chi connectivity index (χ1) is 9.06. The van der Waals surface area contributed by atoms with E-state index in [2.05, 4.69) is 48.9 Å². The smallest absolute Gasteiger partial charge is 0.0538 e. The second-order valence-corrected chi connectivity index (χ2v) is 5.70. The van der Waals surface area contributed by atoms with Crippen molar-refractivity contribution in [2.45, 2.75) is 45.4 Å². The predicted molar refractivity (Wildman–Crippen MR) is 78.0 cm³/mol. The number of aromatic nitrogens is 2. The summed E-state index contributed by atoms with van der Waals surface area (Å²) >= 11 is 0. The Morgan fingerprint density at radius 2 is 2.00 bits per heavy atom. The van der Waals surface area contributed by atoms with E-state index in [9.17, 15) is 0 Å². The lowest BCUT2D eigenvalue weighted by molar-refractivity contribution is 0.0352. The molecule has 0 amide bonds.